The molecule has 0 rings (SSSR count). The lowest BCUT2D eigenvalue weighted by Crippen LogP contribution is -1.60. The van der Waals surface area contributed by atoms with Crippen molar-refractivity contribution in [1.29, 1.82) is 0 Å². The lowest BCUT2D eigenvalue weighted by Gasteiger charge is -1.91. The molecule has 0 saturated heterocycles. The molecule has 0 aromatic heterocycles. The zero-order chi connectivity index (χ0) is 5.21. The molecule has 1 atom stereocenters. The van der Waals surface area contributed by atoms with Crippen molar-refractivity contribution in [2.75, 3.05) is 0 Å². The Morgan fingerprint density at radius 1 is 1.50 bits per heavy atom. The van der Waals surface area contributed by atoms with Gasteiger partial charge in [-0.05, 0) is 0 Å². The van der Waals surface area contributed by atoms with Gasteiger partial charge in [0.15, 0.2) is 0 Å². The van der Waals surface area contributed by atoms with Crippen LogP contribution < -0.4 is 0 Å². The molecule has 0 aliphatic rings. The molecule has 1 unspecified atom stereocenters. The van der Waals surface area contributed by atoms with Crippen LogP contribution in [-0.2, 0) is 4.57 Å². The fourth-order valence-corrected chi connectivity index (χ4v) is 0. The van der Waals surface area contributed by atoms with Crippen molar-refractivity contribution in [3.63, 3.8) is 0 Å². The molecule has 0 aliphatic carbocycles. The van der Waals surface area contributed by atoms with E-state index in [1.807, 2.05) is 0 Å². The first-order chi connectivity index (χ1) is 2.56. The van der Waals surface area contributed by atoms with Crippen LogP contribution in [0.15, 0.2) is 0 Å². The van der Waals surface area contributed by atoms with Crippen molar-refractivity contribution < 1.29 is 19.2 Å². The quantitative estimate of drug-likeness (QED) is 0.424. The van der Waals surface area contributed by atoms with Crippen LogP contribution in [0.3, 0.4) is 0 Å². The van der Waals surface area contributed by atoms with Crippen molar-refractivity contribution in [2.24, 2.45) is 0 Å². The van der Waals surface area contributed by atoms with Gasteiger partial charge in [0.25, 0.3) is 0 Å². The normalized spacial score (nSPS) is 13.8. The van der Waals surface area contributed by atoms with E-state index >= 15 is 0 Å². The van der Waals surface area contributed by atoms with Crippen LogP contribution >= 0.6 is 15.8 Å². The highest BCUT2D eigenvalue weighted by molar-refractivity contribution is 8.16. The molecule has 0 bridgehead atoms. The second-order valence-corrected chi connectivity index (χ2v) is 4.28. The molecule has 6 heavy (non-hydrogen) atoms. The van der Waals surface area contributed by atoms with E-state index in [9.17, 15) is 4.57 Å². The van der Waals surface area contributed by atoms with Crippen LogP contribution in [0.5, 0.6) is 0 Å². The van der Waals surface area contributed by atoms with E-state index < -0.39 is 15.8 Å². The zero-order valence-electron chi connectivity index (χ0n) is 2.70. The minimum atomic E-state index is -4.06. The van der Waals surface area contributed by atoms with E-state index in [1.165, 1.54) is 0 Å². The molecule has 0 aliphatic heterocycles. The molecule has 0 radical (unpaired) electrons. The Morgan fingerprint density at radius 3 is 1.67 bits per heavy atom. The first kappa shape index (κ1) is 6.54. The predicted molar refractivity (Wildman–Crippen MR) is 22.6 cm³/mol. The van der Waals surface area contributed by atoms with E-state index in [0.717, 1.165) is 0 Å². The zero-order valence-corrected chi connectivity index (χ0v) is 4.59. The lowest BCUT2D eigenvalue weighted by atomic mass is 15.8. The number of hydrogen-bond donors (Lipinski definition) is 3. The molecule has 0 fully saturated rings. The summed E-state index contributed by atoms with van der Waals surface area (Å²) in [5.74, 6) is 0. The third kappa shape index (κ3) is 4.54. The fraction of sp³-hybridized carbons (Fsp3) is 0. The molecule has 0 spiro atoms. The second kappa shape index (κ2) is 2.01. The minimum absolute atomic E-state index is 1.27. The van der Waals surface area contributed by atoms with Crippen LogP contribution in [0.4, 0.5) is 0 Å². The standard InChI is InChI=1S/H4O4P2/c1-5-6(2,3)4/h1,5H,(H2,2,3,4). The third-order valence-corrected chi connectivity index (χ3v) is 1.17. The van der Waals surface area contributed by atoms with Crippen LogP contribution in [0.2, 0.25) is 0 Å². The highest BCUT2D eigenvalue weighted by atomic mass is 32.1. The van der Waals surface area contributed by atoms with Gasteiger partial charge >= 0.3 is 7.28 Å². The summed E-state index contributed by atoms with van der Waals surface area (Å²) in [6, 6.07) is 0. The molecule has 0 aromatic carbocycles. The Labute approximate surface area is 36.1 Å². The molecular weight excluding hydrogens is 126 g/mol. The van der Waals surface area contributed by atoms with Crippen LogP contribution in [0.1, 0.15) is 0 Å². The predicted octanol–water partition coefficient (Wildman–Crippen LogP) is -0.335. The maximum atomic E-state index is 9.46. The van der Waals surface area contributed by atoms with Gasteiger partial charge < -0.3 is 14.7 Å². The first-order valence-corrected chi connectivity index (χ1v) is 4.43. The summed E-state index contributed by atoms with van der Waals surface area (Å²) in [5.41, 5.74) is 0. The van der Waals surface area contributed by atoms with Gasteiger partial charge in [-0.25, -0.2) is 0 Å². The number of rotatable bonds is 1. The van der Waals surface area contributed by atoms with Crippen molar-refractivity contribution in [3.8, 4) is 0 Å². The number of hydrogen-bond acceptors (Lipinski definition) is 2. The minimum Gasteiger partial charge on any atom is -0.365 e. The highest BCUT2D eigenvalue weighted by Crippen LogP contribution is 2.53. The molecule has 0 heterocycles. The van der Waals surface area contributed by atoms with E-state index in [-0.39, 0.29) is 0 Å². The lowest BCUT2D eigenvalue weighted by molar-refractivity contribution is 0.391. The monoisotopic (exact) mass is 130 g/mol. The molecule has 6 heteroatoms. The Kier molecular flexibility index (Phi) is 2.19. The Hall–Kier alpha value is 0.540. The van der Waals surface area contributed by atoms with Gasteiger partial charge in [0, 0.05) is 0 Å². The Balaban J connectivity index is 3.48. The second-order valence-electron chi connectivity index (χ2n) is 0.644. The summed E-state index contributed by atoms with van der Waals surface area (Å²) >= 11 is 0. The van der Waals surface area contributed by atoms with Crippen LogP contribution in [-0.4, -0.2) is 14.7 Å². The van der Waals surface area contributed by atoms with Gasteiger partial charge in [0.05, 0.1) is 0 Å². The maximum absolute atomic E-state index is 9.46. The average molecular weight is 130 g/mol. The van der Waals surface area contributed by atoms with E-state index in [2.05, 4.69) is 0 Å². The molecular formula is H4O4P2. The maximum Gasteiger partial charge on any atom is 0.368 e. The third-order valence-electron chi connectivity index (χ3n) is 0.130. The van der Waals surface area contributed by atoms with Crippen LogP contribution in [0, 0.1) is 0 Å². The molecule has 38 valence electrons. The van der Waals surface area contributed by atoms with Crippen LogP contribution in [0.25, 0.3) is 0 Å². The molecule has 3 N–H and O–H groups in total. The highest BCUT2D eigenvalue weighted by Gasteiger charge is 2.07. The van der Waals surface area contributed by atoms with Gasteiger partial charge in [-0.2, -0.15) is 0 Å². The Bertz CT molecular complexity index is 69.6. The smallest absolute Gasteiger partial charge is 0.365 e. The van der Waals surface area contributed by atoms with Crippen molar-refractivity contribution >= 4 is 15.8 Å². The van der Waals surface area contributed by atoms with Gasteiger partial charge in [-0.15, -0.1) is 0 Å². The summed E-state index contributed by atoms with van der Waals surface area (Å²) in [6.07, 6.45) is 0. The summed E-state index contributed by atoms with van der Waals surface area (Å²) in [6.45, 7) is 0. The van der Waals surface area contributed by atoms with Gasteiger partial charge in [0.1, 0.15) is 8.50 Å². The van der Waals surface area contributed by atoms with Gasteiger partial charge in [0.2, 0.25) is 0 Å². The van der Waals surface area contributed by atoms with Crippen molar-refractivity contribution in [1.82, 2.24) is 0 Å². The van der Waals surface area contributed by atoms with E-state index in [0.29, 0.717) is 0 Å². The van der Waals surface area contributed by atoms with Gasteiger partial charge in [-0.3, -0.25) is 4.57 Å². The molecule has 4 nitrogen and oxygen atoms in total. The molecule has 0 aromatic rings. The Morgan fingerprint density at radius 2 is 1.67 bits per heavy atom. The van der Waals surface area contributed by atoms with Crippen molar-refractivity contribution in [2.45, 2.75) is 0 Å². The summed E-state index contributed by atoms with van der Waals surface area (Å²) in [5, 5.41) is 0. The fourth-order valence-electron chi connectivity index (χ4n) is 0. The van der Waals surface area contributed by atoms with Gasteiger partial charge in [-0.1, -0.05) is 0 Å². The average Bonchev–Trinajstić information content (AvgIpc) is 1.35. The topological polar surface area (TPSA) is 77.8 Å². The molecule has 0 saturated carbocycles. The van der Waals surface area contributed by atoms with E-state index in [4.69, 9.17) is 14.7 Å². The SMILES string of the molecule is O=P(O)(O)PO. The first-order valence-electron chi connectivity index (χ1n) is 1.03. The molecule has 0 amide bonds. The summed E-state index contributed by atoms with van der Waals surface area (Å²) < 4.78 is 9.46. The van der Waals surface area contributed by atoms with Crippen molar-refractivity contribution in [3.05, 3.63) is 0 Å². The summed E-state index contributed by atoms with van der Waals surface area (Å²) in [4.78, 5) is 23.1. The summed E-state index contributed by atoms with van der Waals surface area (Å²) in [7, 11) is -5.33. The largest absolute Gasteiger partial charge is 0.368 e. The van der Waals surface area contributed by atoms with E-state index in [1.54, 1.807) is 0 Å².